The SMILES string of the molecule is CCNC(=NCC1(N2CCCCC2)CCN(C)CC1)NCCc1c[nH]c2cccc(C)c12.I. The molecule has 6 nitrogen and oxygen atoms in total. The highest BCUT2D eigenvalue weighted by atomic mass is 127. The first kappa shape index (κ1) is 26.3. The van der Waals surface area contributed by atoms with Crippen LogP contribution in [0.15, 0.2) is 29.4 Å². The second kappa shape index (κ2) is 12.4. The number of H-pyrrole nitrogens is 1. The number of guanidine groups is 1. The van der Waals surface area contributed by atoms with Gasteiger partial charge in [-0.15, -0.1) is 24.0 Å². The van der Waals surface area contributed by atoms with Gasteiger partial charge in [-0.05, 0) is 96.4 Å². The number of hydrogen-bond acceptors (Lipinski definition) is 3. The number of aromatic nitrogens is 1. The number of hydrogen-bond donors (Lipinski definition) is 3. The minimum Gasteiger partial charge on any atom is -0.361 e. The maximum atomic E-state index is 5.13. The minimum atomic E-state index is 0. The summed E-state index contributed by atoms with van der Waals surface area (Å²) in [6.45, 7) is 11.8. The Balaban J connectivity index is 0.00000306. The van der Waals surface area contributed by atoms with Crippen LogP contribution in [0.1, 0.15) is 50.2 Å². The van der Waals surface area contributed by atoms with Crippen molar-refractivity contribution in [2.24, 2.45) is 4.99 Å². The second-order valence-corrected chi connectivity index (χ2v) is 9.76. The van der Waals surface area contributed by atoms with Crippen molar-refractivity contribution in [3.05, 3.63) is 35.5 Å². The molecule has 1 aromatic carbocycles. The summed E-state index contributed by atoms with van der Waals surface area (Å²) in [6, 6.07) is 6.47. The Hall–Kier alpha value is -1.32. The number of aromatic amines is 1. The topological polar surface area (TPSA) is 58.7 Å². The molecule has 0 spiro atoms. The van der Waals surface area contributed by atoms with Crippen molar-refractivity contribution < 1.29 is 0 Å². The Morgan fingerprint density at radius 1 is 1.09 bits per heavy atom. The summed E-state index contributed by atoms with van der Waals surface area (Å²) < 4.78 is 0. The number of nitrogens with zero attached hydrogens (tertiary/aromatic N) is 3. The number of fused-ring (bicyclic) bond motifs is 1. The molecule has 7 heteroatoms. The number of likely N-dealkylation sites (tertiary alicyclic amines) is 2. The van der Waals surface area contributed by atoms with Crippen molar-refractivity contribution in [2.75, 3.05) is 52.9 Å². The van der Waals surface area contributed by atoms with Crippen LogP contribution in [0.2, 0.25) is 0 Å². The zero-order valence-electron chi connectivity index (χ0n) is 20.8. The van der Waals surface area contributed by atoms with E-state index < -0.39 is 0 Å². The van der Waals surface area contributed by atoms with Crippen LogP contribution in [0, 0.1) is 6.92 Å². The molecule has 4 rings (SSSR count). The zero-order valence-corrected chi connectivity index (χ0v) is 23.1. The largest absolute Gasteiger partial charge is 0.361 e. The maximum Gasteiger partial charge on any atom is 0.191 e. The summed E-state index contributed by atoms with van der Waals surface area (Å²) in [5.74, 6) is 0.958. The van der Waals surface area contributed by atoms with Gasteiger partial charge < -0.3 is 20.5 Å². The van der Waals surface area contributed by atoms with Crippen LogP contribution in [0.5, 0.6) is 0 Å². The number of aliphatic imine (C=N–C) groups is 1. The van der Waals surface area contributed by atoms with Crippen LogP contribution in [0.25, 0.3) is 10.9 Å². The molecular formula is C26H43IN6. The Morgan fingerprint density at radius 2 is 1.85 bits per heavy atom. The second-order valence-electron chi connectivity index (χ2n) is 9.76. The first-order valence-corrected chi connectivity index (χ1v) is 12.6. The molecule has 0 amide bonds. The van der Waals surface area contributed by atoms with Gasteiger partial charge in [0.15, 0.2) is 5.96 Å². The highest BCUT2D eigenvalue weighted by Gasteiger charge is 2.39. The van der Waals surface area contributed by atoms with Crippen molar-refractivity contribution in [3.8, 4) is 0 Å². The summed E-state index contributed by atoms with van der Waals surface area (Å²) in [4.78, 5) is 13.8. The molecule has 0 aliphatic carbocycles. The highest BCUT2D eigenvalue weighted by Crippen LogP contribution is 2.31. The lowest BCUT2D eigenvalue weighted by Gasteiger charge is -2.49. The van der Waals surface area contributed by atoms with E-state index in [2.05, 4.69) is 70.7 Å². The van der Waals surface area contributed by atoms with Crippen molar-refractivity contribution in [3.63, 3.8) is 0 Å². The molecule has 2 fully saturated rings. The van der Waals surface area contributed by atoms with Crippen molar-refractivity contribution in [1.82, 2.24) is 25.4 Å². The van der Waals surface area contributed by atoms with Gasteiger partial charge in [-0.25, -0.2) is 0 Å². The lowest BCUT2D eigenvalue weighted by molar-refractivity contribution is 0.0208. The van der Waals surface area contributed by atoms with Crippen molar-refractivity contribution in [1.29, 1.82) is 0 Å². The number of benzene rings is 1. The molecular weight excluding hydrogens is 523 g/mol. The molecule has 3 heterocycles. The van der Waals surface area contributed by atoms with E-state index >= 15 is 0 Å². The summed E-state index contributed by atoms with van der Waals surface area (Å²) >= 11 is 0. The Labute approximate surface area is 217 Å². The average molecular weight is 567 g/mol. The standard InChI is InChI=1S/C26H42N6.HI/c1-4-27-25(28-14-11-22-19-29-23-10-8-9-21(2)24(22)23)30-20-26(12-17-31(3)18-13-26)32-15-6-5-7-16-32;/h8-10,19,29H,4-7,11-18,20H2,1-3H3,(H2,27,28,30);1H. The van der Waals surface area contributed by atoms with E-state index in [1.165, 1.54) is 80.3 Å². The lowest BCUT2D eigenvalue weighted by atomic mass is 9.84. The molecule has 0 radical (unpaired) electrons. The van der Waals surface area contributed by atoms with Gasteiger partial charge in [0.1, 0.15) is 0 Å². The van der Waals surface area contributed by atoms with Gasteiger partial charge in [0.25, 0.3) is 0 Å². The molecule has 0 atom stereocenters. The fourth-order valence-electron chi connectivity index (χ4n) is 5.51. The molecule has 0 unspecified atom stereocenters. The van der Waals surface area contributed by atoms with Gasteiger partial charge >= 0.3 is 0 Å². The molecule has 0 saturated carbocycles. The number of rotatable bonds is 7. The van der Waals surface area contributed by atoms with Crippen molar-refractivity contribution in [2.45, 2.75) is 57.9 Å². The van der Waals surface area contributed by atoms with Crippen LogP contribution < -0.4 is 10.6 Å². The first-order chi connectivity index (χ1) is 15.6. The summed E-state index contributed by atoms with van der Waals surface area (Å²) in [6.07, 6.45) is 9.65. The number of halogens is 1. The maximum absolute atomic E-state index is 5.13. The number of aryl methyl sites for hydroxylation is 1. The Morgan fingerprint density at radius 3 is 2.58 bits per heavy atom. The molecule has 2 saturated heterocycles. The fourth-order valence-corrected chi connectivity index (χ4v) is 5.51. The average Bonchev–Trinajstić information content (AvgIpc) is 3.24. The van der Waals surface area contributed by atoms with Crippen LogP contribution in [-0.4, -0.2) is 79.1 Å². The van der Waals surface area contributed by atoms with E-state index in [0.29, 0.717) is 0 Å². The van der Waals surface area contributed by atoms with Crippen LogP contribution in [0.3, 0.4) is 0 Å². The summed E-state index contributed by atoms with van der Waals surface area (Å²) in [5.41, 5.74) is 4.17. The van der Waals surface area contributed by atoms with Crippen LogP contribution in [0.4, 0.5) is 0 Å². The molecule has 3 N–H and O–H groups in total. The van der Waals surface area contributed by atoms with Crippen LogP contribution >= 0.6 is 24.0 Å². The van der Waals surface area contributed by atoms with E-state index in [1.54, 1.807) is 0 Å². The van der Waals surface area contributed by atoms with Crippen LogP contribution in [-0.2, 0) is 6.42 Å². The van der Waals surface area contributed by atoms with Gasteiger partial charge in [-0.1, -0.05) is 18.6 Å². The summed E-state index contributed by atoms with van der Waals surface area (Å²) in [5, 5.41) is 8.46. The van der Waals surface area contributed by atoms with E-state index in [0.717, 1.165) is 32.0 Å². The molecule has 2 aromatic rings. The molecule has 1 aromatic heterocycles. The van der Waals surface area contributed by atoms with E-state index in [9.17, 15) is 0 Å². The van der Waals surface area contributed by atoms with Gasteiger partial charge in [-0.3, -0.25) is 9.89 Å². The van der Waals surface area contributed by atoms with E-state index in [1.807, 2.05) is 0 Å². The smallest absolute Gasteiger partial charge is 0.191 e. The normalized spacial score (nSPS) is 19.9. The quantitative estimate of drug-likeness (QED) is 0.268. The van der Waals surface area contributed by atoms with Gasteiger partial charge in [0.2, 0.25) is 0 Å². The van der Waals surface area contributed by atoms with Crippen molar-refractivity contribution >= 4 is 40.8 Å². The lowest BCUT2D eigenvalue weighted by Crippen LogP contribution is -2.58. The Bertz CT molecular complexity index is 893. The molecule has 2 aliphatic heterocycles. The van der Waals surface area contributed by atoms with Gasteiger partial charge in [0, 0.05) is 35.7 Å². The van der Waals surface area contributed by atoms with Gasteiger partial charge in [0.05, 0.1) is 6.54 Å². The monoisotopic (exact) mass is 566 g/mol. The number of piperidine rings is 2. The zero-order chi connectivity index (χ0) is 22.4. The molecule has 33 heavy (non-hydrogen) atoms. The first-order valence-electron chi connectivity index (χ1n) is 12.6. The molecule has 2 aliphatic rings. The van der Waals surface area contributed by atoms with E-state index in [4.69, 9.17) is 4.99 Å². The van der Waals surface area contributed by atoms with Gasteiger partial charge in [-0.2, -0.15) is 0 Å². The Kier molecular flexibility index (Phi) is 9.88. The summed E-state index contributed by atoms with van der Waals surface area (Å²) in [7, 11) is 2.25. The molecule has 184 valence electrons. The number of nitrogens with one attached hydrogen (secondary N) is 3. The highest BCUT2D eigenvalue weighted by molar-refractivity contribution is 14.0. The predicted octanol–water partition coefficient (Wildman–Crippen LogP) is 4.14. The minimum absolute atomic E-state index is 0. The molecule has 0 bridgehead atoms. The third-order valence-electron chi connectivity index (χ3n) is 7.50. The third-order valence-corrected chi connectivity index (χ3v) is 7.50. The fraction of sp³-hybridized carbons (Fsp3) is 0.654. The van der Waals surface area contributed by atoms with E-state index in [-0.39, 0.29) is 29.5 Å². The third kappa shape index (κ3) is 6.42. The predicted molar refractivity (Wildman–Crippen MR) is 151 cm³/mol.